The minimum atomic E-state index is -1.19. The van der Waals surface area contributed by atoms with Gasteiger partial charge in [-0.25, -0.2) is 9.59 Å². The van der Waals surface area contributed by atoms with Gasteiger partial charge in [0.1, 0.15) is 0 Å². The van der Waals surface area contributed by atoms with Crippen LogP contribution in [0.3, 0.4) is 0 Å². The fourth-order valence-electron chi connectivity index (χ4n) is 1.56. The summed E-state index contributed by atoms with van der Waals surface area (Å²) in [6, 6.07) is 6.60. The SMILES string of the molecule is COC(=O)NC(=O)[C@@H](C)OC(=O)c1ccccc1SCC(=O)N(C)C. The third kappa shape index (κ3) is 6.46. The zero-order chi connectivity index (χ0) is 19.0. The van der Waals surface area contributed by atoms with Crippen LogP contribution in [0.1, 0.15) is 17.3 Å². The highest BCUT2D eigenvalue weighted by Gasteiger charge is 2.22. The third-order valence-electron chi connectivity index (χ3n) is 3.02. The smallest absolute Gasteiger partial charge is 0.413 e. The summed E-state index contributed by atoms with van der Waals surface area (Å²) in [7, 11) is 4.40. The largest absolute Gasteiger partial charge is 0.453 e. The number of rotatable bonds is 6. The number of hydrogen-bond donors (Lipinski definition) is 1. The molecule has 8 nitrogen and oxygen atoms in total. The first-order chi connectivity index (χ1) is 11.8. The first-order valence-electron chi connectivity index (χ1n) is 7.28. The number of carbonyl (C=O) groups is 4. The normalized spacial score (nSPS) is 11.2. The molecule has 3 amide bonds. The van der Waals surface area contributed by atoms with Gasteiger partial charge in [-0.1, -0.05) is 12.1 Å². The lowest BCUT2D eigenvalue weighted by Gasteiger charge is -2.14. The lowest BCUT2D eigenvalue weighted by atomic mass is 10.2. The van der Waals surface area contributed by atoms with Gasteiger partial charge >= 0.3 is 12.1 Å². The number of benzene rings is 1. The quantitative estimate of drug-likeness (QED) is 0.596. The molecule has 0 bridgehead atoms. The number of nitrogens with one attached hydrogen (secondary N) is 1. The summed E-state index contributed by atoms with van der Waals surface area (Å²) in [5, 5.41) is 1.92. The van der Waals surface area contributed by atoms with E-state index in [2.05, 4.69) is 4.74 Å². The monoisotopic (exact) mass is 368 g/mol. The minimum Gasteiger partial charge on any atom is -0.453 e. The van der Waals surface area contributed by atoms with Crippen LogP contribution in [0.25, 0.3) is 0 Å². The van der Waals surface area contributed by atoms with Gasteiger partial charge in [-0.05, 0) is 19.1 Å². The van der Waals surface area contributed by atoms with Gasteiger partial charge in [0.25, 0.3) is 5.91 Å². The summed E-state index contributed by atoms with van der Waals surface area (Å²) < 4.78 is 9.37. The number of nitrogens with zero attached hydrogens (tertiary/aromatic N) is 1. The van der Waals surface area contributed by atoms with Gasteiger partial charge < -0.3 is 14.4 Å². The molecule has 136 valence electrons. The fourth-order valence-corrected chi connectivity index (χ4v) is 2.58. The number of imide groups is 1. The Morgan fingerprint density at radius 3 is 2.44 bits per heavy atom. The molecule has 0 radical (unpaired) electrons. The van der Waals surface area contributed by atoms with Crippen molar-refractivity contribution in [2.24, 2.45) is 0 Å². The summed E-state index contributed by atoms with van der Waals surface area (Å²) >= 11 is 1.19. The van der Waals surface area contributed by atoms with E-state index in [1.807, 2.05) is 5.32 Å². The van der Waals surface area contributed by atoms with Crippen molar-refractivity contribution >= 4 is 35.6 Å². The highest BCUT2D eigenvalue weighted by Crippen LogP contribution is 2.24. The van der Waals surface area contributed by atoms with Crippen LogP contribution in [0.5, 0.6) is 0 Å². The molecule has 25 heavy (non-hydrogen) atoms. The van der Waals surface area contributed by atoms with Gasteiger partial charge in [0, 0.05) is 19.0 Å². The summed E-state index contributed by atoms with van der Waals surface area (Å²) in [6.07, 6.45) is -2.13. The summed E-state index contributed by atoms with van der Waals surface area (Å²) in [5.41, 5.74) is 0.233. The average Bonchev–Trinajstić information content (AvgIpc) is 2.59. The molecular formula is C16H20N2O6S. The second kappa shape index (κ2) is 9.67. The van der Waals surface area contributed by atoms with Crippen molar-refractivity contribution in [3.05, 3.63) is 29.8 Å². The molecule has 1 aromatic rings. The Labute approximate surface area is 149 Å². The Bertz CT molecular complexity index is 662. The highest BCUT2D eigenvalue weighted by atomic mass is 32.2. The Morgan fingerprint density at radius 1 is 1.20 bits per heavy atom. The van der Waals surface area contributed by atoms with Gasteiger partial charge in [0.15, 0.2) is 6.10 Å². The molecule has 1 N–H and O–H groups in total. The Balaban J connectivity index is 2.76. The molecule has 0 unspecified atom stereocenters. The Morgan fingerprint density at radius 2 is 1.84 bits per heavy atom. The van der Waals surface area contributed by atoms with Gasteiger partial charge in [-0.3, -0.25) is 14.9 Å². The van der Waals surface area contributed by atoms with Crippen molar-refractivity contribution in [2.75, 3.05) is 27.0 Å². The molecule has 0 fully saturated rings. The lowest BCUT2D eigenvalue weighted by Crippen LogP contribution is -2.39. The number of methoxy groups -OCH3 is 1. The fraction of sp³-hybridized carbons (Fsp3) is 0.375. The number of carbonyl (C=O) groups excluding carboxylic acids is 4. The van der Waals surface area contributed by atoms with Crippen molar-refractivity contribution in [1.29, 1.82) is 0 Å². The van der Waals surface area contributed by atoms with Crippen LogP contribution in [-0.4, -0.2) is 61.8 Å². The van der Waals surface area contributed by atoms with Crippen LogP contribution in [-0.2, 0) is 19.1 Å². The lowest BCUT2D eigenvalue weighted by molar-refractivity contribution is -0.128. The maximum Gasteiger partial charge on any atom is 0.413 e. The summed E-state index contributed by atoms with van der Waals surface area (Å²) in [4.78, 5) is 48.7. The number of amides is 3. The zero-order valence-corrected chi connectivity index (χ0v) is 15.2. The maximum atomic E-state index is 12.3. The molecule has 1 aromatic carbocycles. The summed E-state index contributed by atoms with van der Waals surface area (Å²) in [6.45, 7) is 1.33. The molecule has 0 aliphatic carbocycles. The van der Waals surface area contributed by atoms with Crippen LogP contribution in [0.2, 0.25) is 0 Å². The van der Waals surface area contributed by atoms with E-state index >= 15 is 0 Å². The first kappa shape index (κ1) is 20.5. The van der Waals surface area contributed by atoms with Gasteiger partial charge in [0.05, 0.1) is 18.4 Å². The predicted molar refractivity (Wildman–Crippen MR) is 91.3 cm³/mol. The van der Waals surface area contributed by atoms with E-state index in [0.29, 0.717) is 4.90 Å². The third-order valence-corrected chi connectivity index (χ3v) is 4.08. The summed E-state index contributed by atoms with van der Waals surface area (Å²) in [5.74, 6) is -1.46. The Kier molecular flexibility index (Phi) is 7.93. The van der Waals surface area contributed by atoms with E-state index in [0.717, 1.165) is 7.11 Å². The zero-order valence-electron chi connectivity index (χ0n) is 14.4. The minimum absolute atomic E-state index is 0.0982. The second-order valence-corrected chi connectivity index (χ2v) is 6.12. The van der Waals surface area contributed by atoms with E-state index in [-0.39, 0.29) is 17.2 Å². The highest BCUT2D eigenvalue weighted by molar-refractivity contribution is 8.00. The number of thioether (sulfide) groups is 1. The molecule has 1 atom stereocenters. The van der Waals surface area contributed by atoms with Crippen LogP contribution in [0, 0.1) is 0 Å². The average molecular weight is 368 g/mol. The van der Waals surface area contributed by atoms with Crippen LogP contribution in [0.15, 0.2) is 29.2 Å². The number of hydrogen-bond acceptors (Lipinski definition) is 7. The molecule has 0 heterocycles. The molecule has 0 saturated carbocycles. The van der Waals surface area contributed by atoms with Gasteiger partial charge in [-0.2, -0.15) is 0 Å². The molecule has 0 aromatic heterocycles. The van der Waals surface area contributed by atoms with Crippen LogP contribution >= 0.6 is 11.8 Å². The number of alkyl carbamates (subject to hydrolysis) is 1. The molecule has 9 heteroatoms. The van der Waals surface area contributed by atoms with E-state index in [1.165, 1.54) is 29.7 Å². The predicted octanol–water partition coefficient (Wildman–Crippen LogP) is 1.29. The second-order valence-electron chi connectivity index (χ2n) is 5.10. The Hall–Kier alpha value is -2.55. The molecule has 0 aliphatic rings. The molecular weight excluding hydrogens is 348 g/mol. The van der Waals surface area contributed by atoms with Crippen molar-refractivity contribution in [2.45, 2.75) is 17.9 Å². The molecule has 0 aliphatic heterocycles. The standard InChI is InChI=1S/C16H20N2O6S/c1-10(14(20)17-16(22)23-4)24-15(21)11-7-5-6-8-12(11)25-9-13(19)18(2)3/h5-8,10H,9H2,1-4H3,(H,17,20,22)/t10-/m1/s1. The van der Waals surface area contributed by atoms with E-state index in [9.17, 15) is 19.2 Å². The van der Waals surface area contributed by atoms with E-state index in [1.54, 1.807) is 32.3 Å². The molecule has 0 saturated heterocycles. The van der Waals surface area contributed by atoms with Crippen LogP contribution in [0.4, 0.5) is 4.79 Å². The van der Waals surface area contributed by atoms with Crippen molar-refractivity contribution in [1.82, 2.24) is 10.2 Å². The van der Waals surface area contributed by atoms with E-state index < -0.39 is 24.1 Å². The topological polar surface area (TPSA) is 102 Å². The van der Waals surface area contributed by atoms with E-state index in [4.69, 9.17) is 4.74 Å². The van der Waals surface area contributed by atoms with Crippen molar-refractivity contribution in [3.63, 3.8) is 0 Å². The first-order valence-corrected chi connectivity index (χ1v) is 8.26. The van der Waals surface area contributed by atoms with Gasteiger partial charge in [0.2, 0.25) is 5.91 Å². The number of esters is 1. The van der Waals surface area contributed by atoms with Crippen molar-refractivity contribution < 1.29 is 28.7 Å². The maximum absolute atomic E-state index is 12.3. The number of ether oxygens (including phenoxy) is 2. The van der Waals surface area contributed by atoms with Crippen LogP contribution < -0.4 is 5.32 Å². The van der Waals surface area contributed by atoms with Gasteiger partial charge in [-0.15, -0.1) is 11.8 Å². The molecule has 0 spiro atoms. The molecule has 1 rings (SSSR count). The van der Waals surface area contributed by atoms with Crippen molar-refractivity contribution in [3.8, 4) is 0 Å².